The lowest BCUT2D eigenvalue weighted by Gasteiger charge is -2.09. The molecule has 3 aromatic rings. The number of pyridine rings is 1. The topological polar surface area (TPSA) is 68.0 Å². The van der Waals surface area contributed by atoms with E-state index in [0.717, 1.165) is 11.3 Å². The van der Waals surface area contributed by atoms with Gasteiger partial charge in [0.15, 0.2) is 0 Å². The first kappa shape index (κ1) is 15.0. The Hall–Kier alpha value is -2.95. The van der Waals surface area contributed by atoms with E-state index in [0.29, 0.717) is 27.7 Å². The van der Waals surface area contributed by atoms with Gasteiger partial charge in [0.05, 0.1) is 28.7 Å². The van der Waals surface area contributed by atoms with Crippen LogP contribution in [0.4, 0.5) is 0 Å². The normalized spacial score (nSPS) is 11.4. The van der Waals surface area contributed by atoms with Gasteiger partial charge in [-0.05, 0) is 43.2 Å². The summed E-state index contributed by atoms with van der Waals surface area (Å²) < 4.78 is 1.78. The summed E-state index contributed by atoms with van der Waals surface area (Å²) in [5.74, 6) is -0.938. The fourth-order valence-electron chi connectivity index (χ4n) is 2.72. The van der Waals surface area contributed by atoms with Gasteiger partial charge < -0.3 is 5.11 Å². The largest absolute Gasteiger partial charge is 0.478 e. The van der Waals surface area contributed by atoms with Crippen LogP contribution in [0.3, 0.4) is 0 Å². The molecule has 0 radical (unpaired) electrons. The maximum Gasteiger partial charge on any atom is 0.336 e. The Morgan fingerprint density at radius 2 is 1.96 bits per heavy atom. The number of hydrogen-bond acceptors (Lipinski definition) is 3. The lowest BCUT2D eigenvalue weighted by atomic mass is 10.0. The summed E-state index contributed by atoms with van der Waals surface area (Å²) in [6, 6.07) is 7.30. The van der Waals surface area contributed by atoms with E-state index < -0.39 is 5.97 Å². The Morgan fingerprint density at radius 3 is 2.61 bits per heavy atom. The van der Waals surface area contributed by atoms with Gasteiger partial charge >= 0.3 is 5.97 Å². The number of carboxylic acids is 1. The monoisotopic (exact) mass is 307 g/mol. The quantitative estimate of drug-likeness (QED) is 0.804. The molecule has 23 heavy (non-hydrogen) atoms. The Morgan fingerprint density at radius 1 is 1.22 bits per heavy atom. The number of rotatable bonds is 3. The van der Waals surface area contributed by atoms with Gasteiger partial charge in [-0.25, -0.2) is 9.78 Å². The number of fused-ring (bicyclic) bond motifs is 1. The fourth-order valence-corrected chi connectivity index (χ4v) is 2.72. The third-order valence-electron chi connectivity index (χ3n) is 3.96. The zero-order valence-corrected chi connectivity index (χ0v) is 13.2. The second-order valence-electron chi connectivity index (χ2n) is 5.49. The van der Waals surface area contributed by atoms with Crippen molar-refractivity contribution in [3.05, 3.63) is 58.5 Å². The van der Waals surface area contributed by atoms with Crippen molar-refractivity contribution in [3.63, 3.8) is 0 Å². The summed E-state index contributed by atoms with van der Waals surface area (Å²) >= 11 is 0. The second-order valence-corrected chi connectivity index (χ2v) is 5.49. The number of hydrogen-bond donors (Lipinski definition) is 1. The van der Waals surface area contributed by atoms with Crippen molar-refractivity contribution in [3.8, 4) is 0 Å². The minimum absolute atomic E-state index is 0.303. The SMILES string of the molecule is Cc1cnn(C)c1/C=C/c1nc2ccccc2c(C(=O)O)c1C. The molecule has 1 N–H and O–H groups in total. The molecular formula is C18H17N3O2. The van der Waals surface area contributed by atoms with Gasteiger partial charge in [0.25, 0.3) is 0 Å². The van der Waals surface area contributed by atoms with E-state index in [-0.39, 0.29) is 0 Å². The minimum Gasteiger partial charge on any atom is -0.478 e. The molecule has 5 heteroatoms. The fraction of sp³-hybridized carbons (Fsp3) is 0.167. The molecule has 116 valence electrons. The number of para-hydroxylation sites is 1. The minimum atomic E-state index is -0.938. The van der Waals surface area contributed by atoms with Crippen LogP contribution in [0.5, 0.6) is 0 Å². The van der Waals surface area contributed by atoms with Crippen molar-refractivity contribution in [2.45, 2.75) is 13.8 Å². The smallest absolute Gasteiger partial charge is 0.336 e. The summed E-state index contributed by atoms with van der Waals surface area (Å²) in [5, 5.41) is 14.4. The third kappa shape index (κ3) is 2.61. The van der Waals surface area contributed by atoms with Crippen molar-refractivity contribution in [1.29, 1.82) is 0 Å². The molecule has 0 aliphatic rings. The van der Waals surface area contributed by atoms with Crippen LogP contribution < -0.4 is 0 Å². The lowest BCUT2D eigenvalue weighted by Crippen LogP contribution is -2.04. The maximum atomic E-state index is 11.7. The first-order valence-electron chi connectivity index (χ1n) is 7.28. The summed E-state index contributed by atoms with van der Waals surface area (Å²) in [5.41, 5.74) is 4.32. The predicted octanol–water partition coefficient (Wildman–Crippen LogP) is 3.45. The third-order valence-corrected chi connectivity index (χ3v) is 3.96. The van der Waals surface area contributed by atoms with Crippen molar-refractivity contribution in [2.24, 2.45) is 7.05 Å². The van der Waals surface area contributed by atoms with Crippen LogP contribution in [-0.2, 0) is 7.05 Å². The van der Waals surface area contributed by atoms with Gasteiger partial charge in [-0.1, -0.05) is 18.2 Å². The number of carbonyl (C=O) groups is 1. The molecule has 2 aromatic heterocycles. The van der Waals surface area contributed by atoms with Crippen LogP contribution in [-0.4, -0.2) is 25.8 Å². The number of nitrogens with zero attached hydrogens (tertiary/aromatic N) is 3. The van der Waals surface area contributed by atoms with Crippen LogP contribution in [0.1, 0.15) is 32.9 Å². The molecule has 0 saturated heterocycles. The Balaban J connectivity index is 2.18. The second kappa shape index (κ2) is 5.68. The van der Waals surface area contributed by atoms with E-state index in [4.69, 9.17) is 0 Å². The molecule has 0 saturated carbocycles. The van der Waals surface area contributed by atoms with E-state index in [1.807, 2.05) is 44.3 Å². The van der Waals surface area contributed by atoms with Crippen molar-refractivity contribution in [1.82, 2.24) is 14.8 Å². The molecule has 5 nitrogen and oxygen atoms in total. The highest BCUT2D eigenvalue weighted by atomic mass is 16.4. The maximum absolute atomic E-state index is 11.7. The van der Waals surface area contributed by atoms with E-state index in [1.54, 1.807) is 23.9 Å². The van der Waals surface area contributed by atoms with Crippen molar-refractivity contribution >= 4 is 29.0 Å². The number of benzene rings is 1. The highest BCUT2D eigenvalue weighted by molar-refractivity contribution is 6.04. The van der Waals surface area contributed by atoms with Gasteiger partial charge in [-0.3, -0.25) is 4.68 Å². The average molecular weight is 307 g/mol. The number of aromatic nitrogens is 3. The van der Waals surface area contributed by atoms with Crippen LogP contribution in [0, 0.1) is 13.8 Å². The summed E-state index contributed by atoms with van der Waals surface area (Å²) in [4.78, 5) is 16.3. The molecule has 0 aliphatic heterocycles. The molecule has 0 unspecified atom stereocenters. The summed E-state index contributed by atoms with van der Waals surface area (Å²) in [6.45, 7) is 3.77. The molecule has 2 heterocycles. The van der Waals surface area contributed by atoms with Crippen LogP contribution >= 0.6 is 0 Å². The molecule has 0 bridgehead atoms. The predicted molar refractivity (Wildman–Crippen MR) is 90.3 cm³/mol. The van der Waals surface area contributed by atoms with Gasteiger partial charge in [0.2, 0.25) is 0 Å². The Kier molecular flexibility index (Phi) is 3.70. The van der Waals surface area contributed by atoms with Crippen LogP contribution in [0.15, 0.2) is 30.5 Å². The number of aryl methyl sites for hydroxylation is 2. The van der Waals surface area contributed by atoms with E-state index >= 15 is 0 Å². The zero-order chi connectivity index (χ0) is 16.6. The molecular weight excluding hydrogens is 290 g/mol. The molecule has 3 rings (SSSR count). The standard InChI is InChI=1S/C18H17N3O2/c1-11-10-19-21(3)16(11)9-8-14-12(2)17(18(22)23)13-6-4-5-7-15(13)20-14/h4-10H,1-3H3,(H,22,23)/b9-8+. The van der Waals surface area contributed by atoms with Gasteiger partial charge in [0.1, 0.15) is 0 Å². The zero-order valence-electron chi connectivity index (χ0n) is 13.2. The van der Waals surface area contributed by atoms with E-state index in [2.05, 4.69) is 10.1 Å². The highest BCUT2D eigenvalue weighted by Crippen LogP contribution is 2.24. The van der Waals surface area contributed by atoms with Gasteiger partial charge in [-0.2, -0.15) is 5.10 Å². The molecule has 0 atom stereocenters. The van der Waals surface area contributed by atoms with Gasteiger partial charge in [-0.15, -0.1) is 0 Å². The Bertz CT molecular complexity index is 919. The summed E-state index contributed by atoms with van der Waals surface area (Å²) in [7, 11) is 1.87. The van der Waals surface area contributed by atoms with E-state index in [9.17, 15) is 9.90 Å². The first-order chi connectivity index (χ1) is 11.0. The first-order valence-corrected chi connectivity index (χ1v) is 7.28. The molecule has 0 spiro atoms. The van der Waals surface area contributed by atoms with Crippen LogP contribution in [0.25, 0.3) is 23.1 Å². The van der Waals surface area contributed by atoms with Crippen molar-refractivity contribution < 1.29 is 9.90 Å². The average Bonchev–Trinajstić information content (AvgIpc) is 2.83. The van der Waals surface area contributed by atoms with E-state index in [1.165, 1.54) is 0 Å². The molecule has 0 aliphatic carbocycles. The molecule has 0 fully saturated rings. The number of aromatic carboxylic acids is 1. The molecule has 1 aromatic carbocycles. The summed E-state index contributed by atoms with van der Waals surface area (Å²) in [6.07, 6.45) is 5.55. The van der Waals surface area contributed by atoms with Crippen LogP contribution in [0.2, 0.25) is 0 Å². The molecule has 0 amide bonds. The Labute approximate surface area is 133 Å². The van der Waals surface area contributed by atoms with Gasteiger partial charge in [0, 0.05) is 12.4 Å². The van der Waals surface area contributed by atoms with Crippen molar-refractivity contribution in [2.75, 3.05) is 0 Å². The number of carboxylic acid groups (broad SMARTS) is 1. The highest BCUT2D eigenvalue weighted by Gasteiger charge is 2.15. The lowest BCUT2D eigenvalue weighted by molar-refractivity contribution is 0.0698.